The average Bonchev–Trinajstić information content (AvgIpc) is 3.54. The monoisotopic (exact) mass is 720 g/mol. The first kappa shape index (κ1) is 36.2. The molecule has 0 unspecified atom stereocenters. The van der Waals surface area contributed by atoms with E-state index in [1.165, 1.54) is 47.4 Å². The fourth-order valence-electron chi connectivity index (χ4n) is 4.85. The third kappa shape index (κ3) is 9.56. The van der Waals surface area contributed by atoms with Crippen molar-refractivity contribution in [2.45, 2.75) is 18.7 Å². The SMILES string of the molecule is CCOC(=O)c1c(-c2ccc(C)cc2)csc1NC(=O)CSc1cccc(NC(=O)/C(=C\c2ccccc2[N+](=O)[O-])NC(=O)c2ccccc2)c1. The molecule has 0 atom stereocenters. The summed E-state index contributed by atoms with van der Waals surface area (Å²) in [5.74, 6) is -2.18. The Hall–Kier alpha value is -6.05. The Bertz CT molecular complexity index is 2110. The first-order chi connectivity index (χ1) is 24.6. The fourth-order valence-corrected chi connectivity index (χ4v) is 6.58. The summed E-state index contributed by atoms with van der Waals surface area (Å²) in [6.07, 6.45) is 1.25. The number of carbonyl (C=O) groups is 4. The van der Waals surface area contributed by atoms with Crippen molar-refractivity contribution in [2.24, 2.45) is 0 Å². The number of amides is 3. The first-order valence-electron chi connectivity index (χ1n) is 15.6. The third-order valence-electron chi connectivity index (χ3n) is 7.31. The highest BCUT2D eigenvalue weighted by Crippen LogP contribution is 2.36. The molecule has 0 aliphatic heterocycles. The van der Waals surface area contributed by atoms with Gasteiger partial charge < -0.3 is 20.7 Å². The van der Waals surface area contributed by atoms with E-state index in [0.29, 0.717) is 26.7 Å². The van der Waals surface area contributed by atoms with Crippen LogP contribution in [0.1, 0.15) is 38.8 Å². The number of nitro benzene ring substituents is 1. The van der Waals surface area contributed by atoms with Crippen LogP contribution >= 0.6 is 23.1 Å². The molecule has 1 aromatic heterocycles. The lowest BCUT2D eigenvalue weighted by Crippen LogP contribution is -2.30. The number of benzene rings is 4. The number of carbonyl (C=O) groups excluding carboxylic acids is 4. The summed E-state index contributed by atoms with van der Waals surface area (Å²) in [4.78, 5) is 64.3. The molecule has 51 heavy (non-hydrogen) atoms. The molecular formula is C38H32N4O7S2. The number of nitrogens with zero attached hydrogens (tertiary/aromatic N) is 1. The average molecular weight is 721 g/mol. The summed E-state index contributed by atoms with van der Waals surface area (Å²) < 4.78 is 5.30. The molecule has 0 bridgehead atoms. The highest BCUT2D eigenvalue weighted by atomic mass is 32.2. The molecule has 0 spiro atoms. The van der Waals surface area contributed by atoms with Gasteiger partial charge in [0.05, 0.1) is 22.8 Å². The molecule has 5 rings (SSSR count). The number of para-hydroxylation sites is 1. The third-order valence-corrected chi connectivity index (χ3v) is 9.20. The van der Waals surface area contributed by atoms with Gasteiger partial charge in [0.15, 0.2) is 0 Å². The molecule has 1 heterocycles. The Morgan fingerprint density at radius 2 is 1.63 bits per heavy atom. The largest absolute Gasteiger partial charge is 0.462 e. The van der Waals surface area contributed by atoms with Gasteiger partial charge in [0.1, 0.15) is 16.3 Å². The summed E-state index contributed by atoms with van der Waals surface area (Å²) in [6, 6.07) is 28.6. The van der Waals surface area contributed by atoms with Gasteiger partial charge in [-0.3, -0.25) is 24.5 Å². The molecule has 0 fully saturated rings. The zero-order valence-electron chi connectivity index (χ0n) is 27.5. The zero-order valence-corrected chi connectivity index (χ0v) is 29.1. The standard InChI is InChI=1S/C38H32N4O7S2/c1-3-49-38(46)34-30(25-18-16-24(2)17-19-25)22-51-37(34)41-33(43)23-50-29-14-9-13-28(21-29)39-36(45)31(40-35(44)26-10-5-4-6-11-26)20-27-12-7-8-15-32(27)42(47)48/h4-22H,3,23H2,1-2H3,(H,39,45)(H,40,44)(H,41,43)/b31-20+. The summed E-state index contributed by atoms with van der Waals surface area (Å²) in [6.45, 7) is 3.87. The quantitative estimate of drug-likeness (QED) is 0.0364. The van der Waals surface area contributed by atoms with Gasteiger partial charge in [-0.15, -0.1) is 23.1 Å². The van der Waals surface area contributed by atoms with E-state index < -0.39 is 22.7 Å². The van der Waals surface area contributed by atoms with Crippen molar-refractivity contribution in [3.05, 3.63) is 147 Å². The lowest BCUT2D eigenvalue weighted by molar-refractivity contribution is -0.385. The molecule has 0 aliphatic carbocycles. The molecule has 11 nitrogen and oxygen atoms in total. The van der Waals surface area contributed by atoms with E-state index in [1.54, 1.807) is 67.6 Å². The molecule has 0 saturated carbocycles. The summed E-state index contributed by atoms with van der Waals surface area (Å²) in [7, 11) is 0. The number of aryl methyl sites for hydroxylation is 1. The predicted octanol–water partition coefficient (Wildman–Crippen LogP) is 7.95. The van der Waals surface area contributed by atoms with Crippen LogP contribution in [-0.4, -0.2) is 41.0 Å². The maximum Gasteiger partial charge on any atom is 0.341 e. The zero-order chi connectivity index (χ0) is 36.3. The Kier molecular flexibility index (Phi) is 12.1. The van der Waals surface area contributed by atoms with Crippen LogP contribution in [0.5, 0.6) is 0 Å². The van der Waals surface area contributed by atoms with Crippen molar-refractivity contribution in [2.75, 3.05) is 23.0 Å². The first-order valence-corrected chi connectivity index (χ1v) is 17.5. The molecule has 4 aromatic carbocycles. The highest BCUT2D eigenvalue weighted by molar-refractivity contribution is 8.00. The molecule has 0 aliphatic rings. The minimum Gasteiger partial charge on any atom is -0.462 e. The number of hydrogen-bond donors (Lipinski definition) is 3. The molecule has 13 heteroatoms. The van der Waals surface area contributed by atoms with E-state index in [0.717, 1.165) is 11.1 Å². The molecule has 0 saturated heterocycles. The normalized spacial score (nSPS) is 11.0. The van der Waals surface area contributed by atoms with Gasteiger partial charge in [0, 0.05) is 33.2 Å². The van der Waals surface area contributed by atoms with Crippen LogP contribution in [0.4, 0.5) is 16.4 Å². The second kappa shape index (κ2) is 17.1. The fraction of sp³-hybridized carbons (Fsp3) is 0.105. The Labute approximate surface area is 301 Å². The number of thioether (sulfide) groups is 1. The minimum absolute atomic E-state index is 0.00656. The molecule has 3 N–H and O–H groups in total. The summed E-state index contributed by atoms with van der Waals surface area (Å²) >= 11 is 2.44. The van der Waals surface area contributed by atoms with Crippen LogP contribution in [0.15, 0.2) is 119 Å². The Morgan fingerprint density at radius 1 is 0.902 bits per heavy atom. The van der Waals surface area contributed by atoms with Crippen molar-refractivity contribution in [3.8, 4) is 11.1 Å². The maximum absolute atomic E-state index is 13.5. The van der Waals surface area contributed by atoms with Crippen LogP contribution in [0.2, 0.25) is 0 Å². The summed E-state index contributed by atoms with van der Waals surface area (Å²) in [5, 5.41) is 22.0. The van der Waals surface area contributed by atoms with Crippen LogP contribution in [0.3, 0.4) is 0 Å². The van der Waals surface area contributed by atoms with Gasteiger partial charge in [-0.05, 0) is 61.9 Å². The van der Waals surface area contributed by atoms with Crippen molar-refractivity contribution >= 4 is 69.2 Å². The predicted molar refractivity (Wildman–Crippen MR) is 200 cm³/mol. The van der Waals surface area contributed by atoms with E-state index in [4.69, 9.17) is 4.74 Å². The highest BCUT2D eigenvalue weighted by Gasteiger charge is 2.23. The van der Waals surface area contributed by atoms with Crippen LogP contribution in [0.25, 0.3) is 17.2 Å². The van der Waals surface area contributed by atoms with Crippen molar-refractivity contribution < 1.29 is 28.8 Å². The van der Waals surface area contributed by atoms with E-state index in [1.807, 2.05) is 36.6 Å². The van der Waals surface area contributed by atoms with Crippen LogP contribution in [-0.2, 0) is 14.3 Å². The van der Waals surface area contributed by atoms with E-state index in [2.05, 4.69) is 16.0 Å². The topological polar surface area (TPSA) is 157 Å². The van der Waals surface area contributed by atoms with Crippen molar-refractivity contribution in [1.82, 2.24) is 5.32 Å². The number of nitrogens with one attached hydrogen (secondary N) is 3. The number of ether oxygens (including phenoxy) is 1. The lowest BCUT2D eigenvalue weighted by atomic mass is 10.0. The van der Waals surface area contributed by atoms with Crippen molar-refractivity contribution in [1.29, 1.82) is 0 Å². The van der Waals surface area contributed by atoms with Gasteiger partial charge in [0.25, 0.3) is 17.5 Å². The maximum atomic E-state index is 13.5. The Balaban J connectivity index is 1.30. The summed E-state index contributed by atoms with van der Waals surface area (Å²) in [5.41, 5.74) is 3.18. The van der Waals surface area contributed by atoms with E-state index in [9.17, 15) is 29.3 Å². The number of thiophene rings is 1. The van der Waals surface area contributed by atoms with Gasteiger partial charge >= 0.3 is 5.97 Å². The number of hydrogen-bond acceptors (Lipinski definition) is 9. The van der Waals surface area contributed by atoms with Crippen LogP contribution in [0, 0.1) is 17.0 Å². The second-order valence-corrected chi connectivity index (χ2v) is 12.9. The number of rotatable bonds is 13. The van der Waals surface area contributed by atoms with Crippen LogP contribution < -0.4 is 16.0 Å². The smallest absolute Gasteiger partial charge is 0.341 e. The second-order valence-electron chi connectivity index (χ2n) is 11.0. The van der Waals surface area contributed by atoms with Gasteiger partial charge in [-0.1, -0.05) is 66.2 Å². The Morgan fingerprint density at radius 3 is 2.35 bits per heavy atom. The van der Waals surface area contributed by atoms with Gasteiger partial charge in [0.2, 0.25) is 5.91 Å². The van der Waals surface area contributed by atoms with Gasteiger partial charge in [-0.2, -0.15) is 0 Å². The molecular weight excluding hydrogens is 689 g/mol. The minimum atomic E-state index is -0.717. The number of anilines is 2. The molecule has 3 amide bonds. The molecule has 5 aromatic rings. The van der Waals surface area contributed by atoms with Gasteiger partial charge in [-0.25, -0.2) is 4.79 Å². The van der Waals surface area contributed by atoms with Crippen molar-refractivity contribution in [3.63, 3.8) is 0 Å². The number of nitro groups is 1. The molecule has 258 valence electrons. The number of esters is 1. The van der Waals surface area contributed by atoms with E-state index >= 15 is 0 Å². The lowest BCUT2D eigenvalue weighted by Gasteiger charge is -2.12. The molecule has 0 radical (unpaired) electrons. The van der Waals surface area contributed by atoms with E-state index in [-0.39, 0.29) is 40.8 Å².